The molecule has 0 aromatic heterocycles. The molecule has 0 radical (unpaired) electrons. The molecule has 0 spiro atoms. The van der Waals surface area contributed by atoms with Gasteiger partial charge in [0.25, 0.3) is 5.91 Å². The second-order valence-electron chi connectivity index (χ2n) is 4.96. The molecular weight excluding hydrogens is 296 g/mol. The van der Waals surface area contributed by atoms with Crippen LogP contribution in [0.2, 0.25) is 0 Å². The zero-order chi connectivity index (χ0) is 16.2. The summed E-state index contributed by atoms with van der Waals surface area (Å²) in [4.78, 5) is 12.2. The molecule has 0 unspecified atom stereocenters. The number of amides is 1. The first-order chi connectivity index (χ1) is 11.2. The Morgan fingerprint density at radius 2 is 2.09 bits per heavy atom. The Morgan fingerprint density at radius 1 is 1.26 bits per heavy atom. The van der Waals surface area contributed by atoms with Gasteiger partial charge in [-0.05, 0) is 37.3 Å². The lowest BCUT2D eigenvalue weighted by atomic mass is 10.2. The van der Waals surface area contributed by atoms with Crippen molar-refractivity contribution >= 4 is 11.6 Å². The number of hydrogen-bond donors (Lipinski definition) is 1. The van der Waals surface area contributed by atoms with Crippen LogP contribution in [0.25, 0.3) is 0 Å². The standard InChI is InChI=1S/C17H14N2O4/c1-11(17(20)19-13-4-2-3-12(7-13)9-18)23-14-5-6-15-16(8-14)22-10-21-15/h2-8,11H,10H2,1H3,(H,19,20)/t11-/m0/s1. The average molecular weight is 310 g/mol. The van der Waals surface area contributed by atoms with Crippen LogP contribution in [-0.2, 0) is 4.79 Å². The van der Waals surface area contributed by atoms with Gasteiger partial charge in [-0.2, -0.15) is 5.26 Å². The maximum absolute atomic E-state index is 12.2. The van der Waals surface area contributed by atoms with Crippen LogP contribution in [0, 0.1) is 11.3 Å². The SMILES string of the molecule is C[C@H](Oc1ccc2c(c1)OCO2)C(=O)Nc1cccc(C#N)c1. The highest BCUT2D eigenvalue weighted by atomic mass is 16.7. The summed E-state index contributed by atoms with van der Waals surface area (Å²) in [6.07, 6.45) is -0.707. The lowest BCUT2D eigenvalue weighted by Gasteiger charge is -2.15. The molecule has 0 saturated heterocycles. The molecule has 3 rings (SSSR count). The summed E-state index contributed by atoms with van der Waals surface area (Å²) >= 11 is 0. The van der Waals surface area contributed by atoms with E-state index in [0.717, 1.165) is 0 Å². The molecule has 1 aliphatic rings. The predicted molar refractivity (Wildman–Crippen MR) is 82.4 cm³/mol. The Hall–Kier alpha value is -3.20. The number of nitriles is 1. The Labute approximate surface area is 133 Å². The minimum Gasteiger partial charge on any atom is -0.481 e. The number of ether oxygens (including phenoxy) is 3. The quantitative estimate of drug-likeness (QED) is 0.939. The summed E-state index contributed by atoms with van der Waals surface area (Å²) in [5, 5.41) is 11.6. The van der Waals surface area contributed by atoms with E-state index in [1.165, 1.54) is 0 Å². The van der Waals surface area contributed by atoms with Crippen LogP contribution in [0.5, 0.6) is 17.2 Å². The van der Waals surface area contributed by atoms with Gasteiger partial charge >= 0.3 is 0 Å². The van der Waals surface area contributed by atoms with Crippen molar-refractivity contribution in [3.63, 3.8) is 0 Å². The molecule has 1 atom stereocenters. The third kappa shape index (κ3) is 3.35. The van der Waals surface area contributed by atoms with Crippen LogP contribution in [-0.4, -0.2) is 18.8 Å². The van der Waals surface area contributed by atoms with Crippen molar-refractivity contribution in [1.82, 2.24) is 0 Å². The maximum atomic E-state index is 12.2. The molecular formula is C17H14N2O4. The molecule has 116 valence electrons. The highest BCUT2D eigenvalue weighted by Crippen LogP contribution is 2.35. The Bertz CT molecular complexity index is 782. The fraction of sp³-hybridized carbons (Fsp3) is 0.176. The van der Waals surface area contributed by atoms with Gasteiger partial charge in [0.05, 0.1) is 11.6 Å². The molecule has 0 saturated carbocycles. The number of nitrogens with one attached hydrogen (secondary N) is 1. The van der Waals surface area contributed by atoms with Crippen molar-refractivity contribution in [3.05, 3.63) is 48.0 Å². The van der Waals surface area contributed by atoms with Crippen molar-refractivity contribution in [2.45, 2.75) is 13.0 Å². The summed E-state index contributed by atoms with van der Waals surface area (Å²) in [7, 11) is 0. The third-order valence-electron chi connectivity index (χ3n) is 3.29. The predicted octanol–water partition coefficient (Wildman–Crippen LogP) is 2.69. The minimum atomic E-state index is -0.707. The molecule has 1 heterocycles. The van der Waals surface area contributed by atoms with Crippen LogP contribution >= 0.6 is 0 Å². The first-order valence-electron chi connectivity index (χ1n) is 7.03. The number of nitrogens with zero attached hydrogens (tertiary/aromatic N) is 1. The number of rotatable bonds is 4. The first kappa shape index (κ1) is 14.7. The second kappa shape index (κ2) is 6.28. The van der Waals surface area contributed by atoms with E-state index in [1.54, 1.807) is 49.4 Å². The number of fused-ring (bicyclic) bond motifs is 1. The topological polar surface area (TPSA) is 80.6 Å². The number of carbonyl (C=O) groups is 1. The summed E-state index contributed by atoms with van der Waals surface area (Å²) < 4.78 is 16.1. The molecule has 2 aromatic carbocycles. The van der Waals surface area contributed by atoms with Crippen molar-refractivity contribution in [2.75, 3.05) is 12.1 Å². The number of carbonyl (C=O) groups excluding carboxylic acids is 1. The monoisotopic (exact) mass is 310 g/mol. The summed E-state index contributed by atoms with van der Waals surface area (Å²) in [6.45, 7) is 1.83. The van der Waals surface area contributed by atoms with E-state index in [1.807, 2.05) is 6.07 Å². The molecule has 6 nitrogen and oxygen atoms in total. The van der Waals surface area contributed by atoms with Crippen molar-refractivity contribution < 1.29 is 19.0 Å². The normalized spacial score (nSPS) is 13.0. The van der Waals surface area contributed by atoms with Crippen molar-refractivity contribution in [1.29, 1.82) is 5.26 Å². The summed E-state index contributed by atoms with van der Waals surface area (Å²) in [5.41, 5.74) is 1.03. The smallest absolute Gasteiger partial charge is 0.265 e. The van der Waals surface area contributed by atoms with E-state index in [2.05, 4.69) is 5.32 Å². The lowest BCUT2D eigenvalue weighted by molar-refractivity contribution is -0.122. The van der Waals surface area contributed by atoms with Gasteiger partial charge in [-0.15, -0.1) is 0 Å². The zero-order valence-electron chi connectivity index (χ0n) is 12.4. The van der Waals surface area contributed by atoms with Gasteiger partial charge in [0.15, 0.2) is 17.6 Å². The van der Waals surface area contributed by atoms with Crippen LogP contribution in [0.3, 0.4) is 0 Å². The van der Waals surface area contributed by atoms with Crippen LogP contribution in [0.15, 0.2) is 42.5 Å². The molecule has 0 fully saturated rings. The molecule has 6 heteroatoms. The maximum Gasteiger partial charge on any atom is 0.265 e. The lowest BCUT2D eigenvalue weighted by Crippen LogP contribution is -2.30. The van der Waals surface area contributed by atoms with E-state index in [4.69, 9.17) is 19.5 Å². The molecule has 1 amide bonds. The van der Waals surface area contributed by atoms with Crippen LogP contribution < -0.4 is 19.5 Å². The Kier molecular flexibility index (Phi) is 4.02. The number of anilines is 1. The van der Waals surface area contributed by atoms with Crippen LogP contribution in [0.4, 0.5) is 5.69 Å². The Balaban J connectivity index is 1.64. The highest BCUT2D eigenvalue weighted by molar-refractivity contribution is 5.94. The second-order valence-corrected chi connectivity index (χ2v) is 4.96. The van der Waals surface area contributed by atoms with Crippen molar-refractivity contribution in [3.8, 4) is 23.3 Å². The van der Waals surface area contributed by atoms with Gasteiger partial charge in [-0.25, -0.2) is 0 Å². The highest BCUT2D eigenvalue weighted by Gasteiger charge is 2.18. The van der Waals surface area contributed by atoms with Crippen molar-refractivity contribution in [2.24, 2.45) is 0 Å². The molecule has 2 aromatic rings. The van der Waals surface area contributed by atoms with Crippen LogP contribution in [0.1, 0.15) is 12.5 Å². The molecule has 0 aliphatic carbocycles. The average Bonchev–Trinajstić information content (AvgIpc) is 3.02. The third-order valence-corrected chi connectivity index (χ3v) is 3.29. The van der Waals surface area contributed by atoms with Gasteiger partial charge in [-0.1, -0.05) is 6.07 Å². The van der Waals surface area contributed by atoms with Gasteiger partial charge in [0.1, 0.15) is 5.75 Å². The Morgan fingerprint density at radius 3 is 2.91 bits per heavy atom. The van der Waals surface area contributed by atoms with Gasteiger partial charge in [0.2, 0.25) is 6.79 Å². The number of hydrogen-bond acceptors (Lipinski definition) is 5. The fourth-order valence-electron chi connectivity index (χ4n) is 2.12. The summed E-state index contributed by atoms with van der Waals surface area (Å²) in [6, 6.07) is 13.9. The van der Waals surface area contributed by atoms with E-state index in [0.29, 0.717) is 28.5 Å². The number of benzene rings is 2. The largest absolute Gasteiger partial charge is 0.481 e. The molecule has 23 heavy (non-hydrogen) atoms. The summed E-state index contributed by atoms with van der Waals surface area (Å²) in [5.74, 6) is 1.46. The van der Waals surface area contributed by atoms with E-state index < -0.39 is 6.10 Å². The van der Waals surface area contributed by atoms with E-state index in [-0.39, 0.29) is 12.7 Å². The molecule has 1 N–H and O–H groups in total. The molecule has 1 aliphatic heterocycles. The molecule has 0 bridgehead atoms. The minimum absolute atomic E-state index is 0.185. The van der Waals surface area contributed by atoms with Gasteiger partial charge in [0, 0.05) is 11.8 Å². The zero-order valence-corrected chi connectivity index (χ0v) is 12.4. The van der Waals surface area contributed by atoms with Gasteiger partial charge in [-0.3, -0.25) is 4.79 Å². The fourth-order valence-corrected chi connectivity index (χ4v) is 2.12. The first-order valence-corrected chi connectivity index (χ1v) is 7.03. The van der Waals surface area contributed by atoms with E-state index in [9.17, 15) is 4.79 Å². The van der Waals surface area contributed by atoms with Gasteiger partial charge < -0.3 is 19.5 Å². The van der Waals surface area contributed by atoms with E-state index >= 15 is 0 Å².